The molecule has 2 heterocycles. The summed E-state index contributed by atoms with van der Waals surface area (Å²) in [5, 5.41) is 43.1. The van der Waals surface area contributed by atoms with Crippen molar-refractivity contribution in [3.8, 4) is 5.75 Å². The highest BCUT2D eigenvalue weighted by Crippen LogP contribution is 2.54. The Morgan fingerprint density at radius 1 is 1.13 bits per heavy atom. The van der Waals surface area contributed by atoms with Crippen molar-refractivity contribution in [3.05, 3.63) is 29.3 Å². The first-order chi connectivity index (χ1) is 14.4. The van der Waals surface area contributed by atoms with E-state index in [0.717, 1.165) is 25.8 Å². The molecule has 8 atom stereocenters. The summed E-state index contributed by atoms with van der Waals surface area (Å²) in [6.45, 7) is 1.00. The van der Waals surface area contributed by atoms with Crippen molar-refractivity contribution in [3.63, 3.8) is 0 Å². The van der Waals surface area contributed by atoms with E-state index in [4.69, 9.17) is 9.47 Å². The molecule has 1 aromatic rings. The van der Waals surface area contributed by atoms with E-state index in [-0.39, 0.29) is 5.41 Å². The van der Waals surface area contributed by atoms with E-state index in [1.807, 2.05) is 12.1 Å². The van der Waals surface area contributed by atoms with Gasteiger partial charge >= 0.3 is 5.97 Å². The molecule has 0 radical (unpaired) electrons. The maximum atomic E-state index is 11.3. The molecule has 8 heteroatoms. The third kappa shape index (κ3) is 3.05. The predicted octanol–water partition coefficient (Wildman–Crippen LogP) is 0.304. The van der Waals surface area contributed by atoms with Crippen LogP contribution in [0.3, 0.4) is 0 Å². The molecule has 1 aromatic carbocycles. The molecule has 2 saturated heterocycles. The lowest BCUT2D eigenvalue weighted by Gasteiger charge is -2.56. The van der Waals surface area contributed by atoms with E-state index < -0.39 is 36.7 Å². The van der Waals surface area contributed by atoms with Gasteiger partial charge in [0.15, 0.2) is 6.10 Å². The van der Waals surface area contributed by atoms with E-state index in [0.29, 0.717) is 17.7 Å². The number of fused-ring (bicyclic) bond motifs is 1. The summed E-state index contributed by atoms with van der Waals surface area (Å²) in [4.78, 5) is 11.3. The number of ether oxygens (including phenoxy) is 2. The fourth-order valence-corrected chi connectivity index (χ4v) is 6.26. The first-order valence-electron chi connectivity index (χ1n) is 10.9. The van der Waals surface area contributed by atoms with Gasteiger partial charge in [-0.15, -0.1) is 0 Å². The van der Waals surface area contributed by atoms with Crippen LogP contribution < -0.4 is 10.1 Å². The van der Waals surface area contributed by atoms with Crippen molar-refractivity contribution < 1.29 is 34.7 Å². The van der Waals surface area contributed by atoms with Gasteiger partial charge in [-0.2, -0.15) is 0 Å². The molecule has 2 aliphatic heterocycles. The van der Waals surface area contributed by atoms with Crippen molar-refractivity contribution in [2.45, 2.75) is 80.7 Å². The molecular formula is C22H29NO7. The number of hydrogen-bond donors (Lipinski definition) is 5. The van der Waals surface area contributed by atoms with Crippen LogP contribution in [0.1, 0.15) is 43.2 Å². The molecule has 0 unspecified atom stereocenters. The van der Waals surface area contributed by atoms with Crippen LogP contribution in [-0.2, 0) is 21.4 Å². The van der Waals surface area contributed by atoms with Crippen molar-refractivity contribution in [1.29, 1.82) is 0 Å². The lowest BCUT2D eigenvalue weighted by atomic mass is 9.53. The highest BCUT2D eigenvalue weighted by molar-refractivity contribution is 5.73. The standard InChI is InChI=1S/C22H29NO7/c24-16-17(25)19(20(27)28)30-21(18(16)26)29-12-5-4-11-9-15-13-3-1-2-6-22(13,7-8-23-15)14(11)10-12/h4-5,10,13,15-19,21,23-26H,1-3,6-9H2,(H,27,28)/t13-,15+,16-,17-,18+,19-,21+,22-/m0/s1. The van der Waals surface area contributed by atoms with Crippen molar-refractivity contribution in [1.82, 2.24) is 5.32 Å². The molecule has 3 fully saturated rings. The molecule has 164 valence electrons. The number of aliphatic hydroxyl groups excluding tert-OH is 3. The van der Waals surface area contributed by atoms with E-state index in [2.05, 4.69) is 5.32 Å². The average molecular weight is 419 g/mol. The Labute approximate surface area is 174 Å². The first-order valence-corrected chi connectivity index (χ1v) is 10.9. The normalized spacial score (nSPS) is 42.7. The van der Waals surface area contributed by atoms with Crippen LogP contribution in [-0.4, -0.2) is 69.7 Å². The summed E-state index contributed by atoms with van der Waals surface area (Å²) in [5.41, 5.74) is 2.73. The van der Waals surface area contributed by atoms with Gasteiger partial charge in [-0.3, -0.25) is 0 Å². The highest BCUT2D eigenvalue weighted by atomic mass is 16.7. The summed E-state index contributed by atoms with van der Waals surface area (Å²) in [5.74, 6) is -0.342. The van der Waals surface area contributed by atoms with Gasteiger partial charge in [0.25, 0.3) is 0 Å². The number of carbonyl (C=O) groups is 1. The van der Waals surface area contributed by atoms with Gasteiger partial charge in [-0.05, 0) is 61.4 Å². The SMILES string of the molecule is O=C(O)[C@H]1O[C@@H](Oc2ccc3c(c2)[C@]24CCCC[C@H]2[C@@H](C3)NCC4)[C@H](O)[C@@H](O)[C@@H]1O. The summed E-state index contributed by atoms with van der Waals surface area (Å²) >= 11 is 0. The Hall–Kier alpha value is -1.71. The Kier molecular flexibility index (Phi) is 5.02. The predicted molar refractivity (Wildman–Crippen MR) is 105 cm³/mol. The quantitative estimate of drug-likeness (QED) is 0.473. The highest BCUT2D eigenvalue weighted by Gasteiger charge is 2.52. The van der Waals surface area contributed by atoms with E-state index >= 15 is 0 Å². The Morgan fingerprint density at radius 2 is 1.97 bits per heavy atom. The van der Waals surface area contributed by atoms with Crippen LogP contribution in [0.25, 0.3) is 0 Å². The minimum Gasteiger partial charge on any atom is -0.479 e. The third-order valence-corrected chi connectivity index (χ3v) is 7.68. The van der Waals surface area contributed by atoms with Crippen molar-refractivity contribution in [2.24, 2.45) is 5.92 Å². The van der Waals surface area contributed by atoms with Gasteiger partial charge in [-0.1, -0.05) is 18.9 Å². The number of hydrogen-bond acceptors (Lipinski definition) is 7. The lowest BCUT2D eigenvalue weighted by Crippen LogP contribution is -2.61. The summed E-state index contributed by atoms with van der Waals surface area (Å²) < 4.78 is 11.1. The van der Waals surface area contributed by atoms with Crippen LogP contribution in [0, 0.1) is 5.92 Å². The van der Waals surface area contributed by atoms with Crippen LogP contribution in [0.4, 0.5) is 0 Å². The molecule has 30 heavy (non-hydrogen) atoms. The number of benzene rings is 1. The molecule has 2 aliphatic carbocycles. The molecule has 5 N–H and O–H groups in total. The molecule has 0 spiro atoms. The smallest absolute Gasteiger partial charge is 0.335 e. The fourth-order valence-electron chi connectivity index (χ4n) is 6.26. The third-order valence-electron chi connectivity index (χ3n) is 7.68. The second-order valence-electron chi connectivity index (χ2n) is 9.20. The first kappa shape index (κ1) is 20.2. The number of rotatable bonds is 3. The number of aliphatic hydroxyl groups is 3. The molecule has 8 nitrogen and oxygen atoms in total. The van der Waals surface area contributed by atoms with Gasteiger partial charge in [0.05, 0.1) is 0 Å². The molecular weight excluding hydrogens is 390 g/mol. The van der Waals surface area contributed by atoms with Gasteiger partial charge in [0.1, 0.15) is 24.1 Å². The zero-order valence-corrected chi connectivity index (χ0v) is 16.7. The minimum absolute atomic E-state index is 0.131. The molecule has 0 aromatic heterocycles. The maximum Gasteiger partial charge on any atom is 0.335 e. The number of carboxylic acids is 1. The minimum atomic E-state index is -1.73. The second kappa shape index (κ2) is 7.46. The molecule has 2 bridgehead atoms. The van der Waals surface area contributed by atoms with E-state index in [1.165, 1.54) is 30.4 Å². The van der Waals surface area contributed by atoms with Gasteiger partial charge in [0.2, 0.25) is 6.29 Å². The van der Waals surface area contributed by atoms with Crippen LogP contribution in [0.5, 0.6) is 5.75 Å². The number of aliphatic carboxylic acids is 1. The van der Waals surface area contributed by atoms with Crippen LogP contribution in [0.2, 0.25) is 0 Å². The van der Waals surface area contributed by atoms with Crippen molar-refractivity contribution >= 4 is 5.97 Å². The number of nitrogens with one attached hydrogen (secondary N) is 1. The zero-order chi connectivity index (χ0) is 21.0. The van der Waals surface area contributed by atoms with E-state index in [1.54, 1.807) is 6.07 Å². The van der Waals surface area contributed by atoms with Crippen LogP contribution >= 0.6 is 0 Å². The Morgan fingerprint density at radius 3 is 2.77 bits per heavy atom. The van der Waals surface area contributed by atoms with Gasteiger partial charge < -0.3 is 35.2 Å². The number of piperidine rings is 1. The zero-order valence-electron chi connectivity index (χ0n) is 16.7. The second-order valence-corrected chi connectivity index (χ2v) is 9.20. The Bertz CT molecular complexity index is 828. The number of carboxylic acid groups (broad SMARTS) is 1. The monoisotopic (exact) mass is 419 g/mol. The van der Waals surface area contributed by atoms with Crippen molar-refractivity contribution in [2.75, 3.05) is 6.54 Å². The summed E-state index contributed by atoms with van der Waals surface area (Å²) in [6.07, 6.45) is -1.10. The van der Waals surface area contributed by atoms with Crippen LogP contribution in [0.15, 0.2) is 18.2 Å². The average Bonchev–Trinajstić information content (AvgIpc) is 2.74. The van der Waals surface area contributed by atoms with Gasteiger partial charge in [-0.25, -0.2) is 4.79 Å². The lowest BCUT2D eigenvalue weighted by molar-refractivity contribution is -0.271. The molecule has 0 amide bonds. The summed E-state index contributed by atoms with van der Waals surface area (Å²) in [6, 6.07) is 6.37. The molecule has 5 rings (SSSR count). The summed E-state index contributed by atoms with van der Waals surface area (Å²) in [7, 11) is 0. The largest absolute Gasteiger partial charge is 0.479 e. The maximum absolute atomic E-state index is 11.3. The Balaban J connectivity index is 1.44. The van der Waals surface area contributed by atoms with Gasteiger partial charge in [0, 0.05) is 11.5 Å². The topological polar surface area (TPSA) is 128 Å². The van der Waals surface area contributed by atoms with E-state index in [9.17, 15) is 25.2 Å². The fraction of sp³-hybridized carbons (Fsp3) is 0.682. The molecule has 1 saturated carbocycles. The molecule has 4 aliphatic rings.